The molecule has 0 unspecified atom stereocenters. The molecule has 0 amide bonds. The van der Waals surface area contributed by atoms with Crippen LogP contribution in [0.5, 0.6) is 11.5 Å². The summed E-state index contributed by atoms with van der Waals surface area (Å²) >= 11 is 0. The molecule has 0 saturated heterocycles. The van der Waals surface area contributed by atoms with Gasteiger partial charge in [-0.25, -0.2) is 9.59 Å². The minimum absolute atomic E-state index is 0.155. The van der Waals surface area contributed by atoms with Crippen LogP contribution in [0.25, 0.3) is 0 Å². The van der Waals surface area contributed by atoms with E-state index in [2.05, 4.69) is 6.58 Å². The summed E-state index contributed by atoms with van der Waals surface area (Å²) in [5.41, 5.74) is 0.310. The maximum Gasteiger partial charge on any atom is 0.344 e. The normalized spacial score (nSPS) is 9.37. The summed E-state index contributed by atoms with van der Waals surface area (Å²) < 4.78 is 10.6. The molecular weight excluding hydrogens is 340 g/mol. The maximum atomic E-state index is 12.4. The fourth-order valence-electron chi connectivity index (χ4n) is 2.14. The van der Waals surface area contributed by atoms with Gasteiger partial charge in [-0.05, 0) is 43.3 Å². The third kappa shape index (κ3) is 5.97. The van der Waals surface area contributed by atoms with Crippen molar-refractivity contribution >= 4 is 11.9 Å². The summed E-state index contributed by atoms with van der Waals surface area (Å²) in [7, 11) is 0. The Hall–Kier alpha value is -3.66. The van der Waals surface area contributed by atoms with Crippen LogP contribution in [0.4, 0.5) is 0 Å². The molecule has 0 aromatic heterocycles. The predicted octanol–water partition coefficient (Wildman–Crippen LogP) is 5.32. The lowest BCUT2D eigenvalue weighted by molar-refractivity contribution is 0.0692. The third-order valence-corrected chi connectivity index (χ3v) is 3.27. The second kappa shape index (κ2) is 10.4. The minimum atomic E-state index is -0.609. The molecule has 3 aromatic carbocycles. The largest absolute Gasteiger partial charge is 0.423 e. The fraction of sp³-hybridized carbons (Fsp3) is 0.0435. The topological polar surface area (TPSA) is 52.6 Å². The second-order valence-electron chi connectivity index (χ2n) is 5.36. The summed E-state index contributed by atoms with van der Waals surface area (Å²) in [5, 5.41) is 0. The highest BCUT2D eigenvalue weighted by atomic mass is 16.5. The van der Waals surface area contributed by atoms with Gasteiger partial charge in [0.25, 0.3) is 0 Å². The summed E-state index contributed by atoms with van der Waals surface area (Å²) in [6.45, 7) is 5.25. The third-order valence-electron chi connectivity index (χ3n) is 3.27. The average Bonchev–Trinajstić information content (AvgIpc) is 2.70. The average molecular weight is 360 g/mol. The van der Waals surface area contributed by atoms with Crippen molar-refractivity contribution in [3.05, 3.63) is 109 Å². The van der Waals surface area contributed by atoms with Gasteiger partial charge in [-0.15, -0.1) is 6.58 Å². The highest BCUT2D eigenvalue weighted by molar-refractivity contribution is 6.04. The van der Waals surface area contributed by atoms with Gasteiger partial charge in [0.1, 0.15) is 11.5 Å². The van der Waals surface area contributed by atoms with Crippen molar-refractivity contribution in [2.45, 2.75) is 6.92 Å². The van der Waals surface area contributed by atoms with Crippen molar-refractivity contribution in [3.63, 3.8) is 0 Å². The van der Waals surface area contributed by atoms with Gasteiger partial charge in [0.2, 0.25) is 0 Å². The number of esters is 2. The van der Waals surface area contributed by atoms with Gasteiger partial charge in [0.05, 0.1) is 11.1 Å². The number of carbonyl (C=O) groups is 2. The smallest absolute Gasteiger partial charge is 0.344 e. The molecule has 0 atom stereocenters. The van der Waals surface area contributed by atoms with Crippen molar-refractivity contribution in [3.8, 4) is 11.5 Å². The Balaban J connectivity index is 0.000000817. The molecule has 0 fully saturated rings. The SMILES string of the molecule is C=CC.O=C(Oc1ccccc1)c1ccccc1C(=O)Oc1ccccc1. The van der Waals surface area contributed by atoms with Crippen molar-refractivity contribution in [2.24, 2.45) is 0 Å². The molecule has 0 aliphatic carbocycles. The van der Waals surface area contributed by atoms with Gasteiger partial charge in [-0.1, -0.05) is 54.6 Å². The van der Waals surface area contributed by atoms with E-state index in [1.54, 1.807) is 66.7 Å². The monoisotopic (exact) mass is 360 g/mol. The van der Waals surface area contributed by atoms with Crippen molar-refractivity contribution < 1.29 is 19.1 Å². The number of rotatable bonds is 4. The van der Waals surface area contributed by atoms with E-state index in [1.807, 2.05) is 19.1 Å². The van der Waals surface area contributed by atoms with Crippen LogP contribution >= 0.6 is 0 Å². The van der Waals surface area contributed by atoms with Crippen LogP contribution in [0.1, 0.15) is 27.6 Å². The lowest BCUT2D eigenvalue weighted by atomic mass is 10.1. The van der Waals surface area contributed by atoms with E-state index in [1.165, 1.54) is 12.1 Å². The molecule has 136 valence electrons. The zero-order valence-electron chi connectivity index (χ0n) is 15.0. The fourth-order valence-corrected chi connectivity index (χ4v) is 2.14. The Bertz CT molecular complexity index is 814. The summed E-state index contributed by atoms with van der Waals surface area (Å²) in [6, 6.07) is 23.8. The van der Waals surface area contributed by atoms with Crippen LogP contribution in [0.2, 0.25) is 0 Å². The molecule has 0 aliphatic heterocycles. The van der Waals surface area contributed by atoms with Gasteiger partial charge in [0.15, 0.2) is 0 Å². The Morgan fingerprint density at radius 1 is 0.667 bits per heavy atom. The quantitative estimate of drug-likeness (QED) is 0.359. The lowest BCUT2D eigenvalue weighted by Crippen LogP contribution is -2.17. The number of carbonyl (C=O) groups excluding carboxylic acids is 2. The lowest BCUT2D eigenvalue weighted by Gasteiger charge is -2.09. The van der Waals surface area contributed by atoms with E-state index >= 15 is 0 Å². The van der Waals surface area contributed by atoms with Crippen LogP contribution < -0.4 is 9.47 Å². The van der Waals surface area contributed by atoms with Crippen LogP contribution in [-0.4, -0.2) is 11.9 Å². The number of allylic oxidation sites excluding steroid dienone is 1. The van der Waals surface area contributed by atoms with Crippen molar-refractivity contribution in [2.75, 3.05) is 0 Å². The number of para-hydroxylation sites is 2. The Kier molecular flexibility index (Phi) is 7.54. The van der Waals surface area contributed by atoms with Crippen LogP contribution in [-0.2, 0) is 0 Å². The maximum absolute atomic E-state index is 12.4. The highest BCUT2D eigenvalue weighted by Gasteiger charge is 2.20. The number of hydrogen-bond acceptors (Lipinski definition) is 4. The second-order valence-corrected chi connectivity index (χ2v) is 5.36. The highest BCUT2D eigenvalue weighted by Crippen LogP contribution is 2.17. The molecule has 3 aromatic rings. The van der Waals surface area contributed by atoms with Crippen molar-refractivity contribution in [1.29, 1.82) is 0 Å². The first-order chi connectivity index (χ1) is 13.2. The number of ether oxygens (including phenoxy) is 2. The first-order valence-electron chi connectivity index (χ1n) is 8.36. The predicted molar refractivity (Wildman–Crippen MR) is 105 cm³/mol. The van der Waals surface area contributed by atoms with E-state index in [-0.39, 0.29) is 11.1 Å². The Morgan fingerprint density at radius 3 is 1.30 bits per heavy atom. The molecule has 0 bridgehead atoms. The Morgan fingerprint density at radius 2 is 0.963 bits per heavy atom. The minimum Gasteiger partial charge on any atom is -0.423 e. The molecule has 3 rings (SSSR count). The molecule has 0 spiro atoms. The summed E-state index contributed by atoms with van der Waals surface area (Å²) in [6.07, 6.45) is 1.75. The molecule has 0 N–H and O–H groups in total. The number of benzene rings is 3. The zero-order chi connectivity index (χ0) is 19.5. The van der Waals surface area contributed by atoms with Gasteiger partial charge < -0.3 is 9.47 Å². The molecule has 4 heteroatoms. The van der Waals surface area contributed by atoms with E-state index in [9.17, 15) is 9.59 Å². The van der Waals surface area contributed by atoms with Crippen molar-refractivity contribution in [1.82, 2.24) is 0 Å². The van der Waals surface area contributed by atoms with E-state index < -0.39 is 11.9 Å². The summed E-state index contributed by atoms with van der Waals surface area (Å²) in [5.74, 6) is -0.397. The standard InChI is InChI=1S/C20H14O4.C3H6/c21-19(23-15-9-3-1-4-10-15)17-13-7-8-14-18(17)20(22)24-16-11-5-2-6-12-16;1-3-2/h1-14H;3H,1H2,2H3. The van der Waals surface area contributed by atoms with Gasteiger partial charge in [-0.3, -0.25) is 0 Å². The Labute approximate surface area is 158 Å². The van der Waals surface area contributed by atoms with Gasteiger partial charge in [-0.2, -0.15) is 0 Å². The molecule has 27 heavy (non-hydrogen) atoms. The molecule has 0 heterocycles. The molecule has 0 aliphatic rings. The van der Waals surface area contributed by atoms with Crippen LogP contribution in [0.3, 0.4) is 0 Å². The molecule has 0 saturated carbocycles. The van der Waals surface area contributed by atoms with Crippen LogP contribution in [0, 0.1) is 0 Å². The summed E-state index contributed by atoms with van der Waals surface area (Å²) in [4.78, 5) is 24.7. The van der Waals surface area contributed by atoms with E-state index in [0.717, 1.165) is 0 Å². The molecule has 0 radical (unpaired) electrons. The number of hydrogen-bond donors (Lipinski definition) is 0. The first kappa shape index (κ1) is 19.7. The molecular formula is C23H20O4. The van der Waals surface area contributed by atoms with E-state index in [0.29, 0.717) is 11.5 Å². The molecule has 4 nitrogen and oxygen atoms in total. The van der Waals surface area contributed by atoms with Crippen LogP contribution in [0.15, 0.2) is 97.6 Å². The first-order valence-corrected chi connectivity index (χ1v) is 8.36. The van der Waals surface area contributed by atoms with E-state index in [4.69, 9.17) is 9.47 Å². The van der Waals surface area contributed by atoms with Gasteiger partial charge in [0, 0.05) is 0 Å². The van der Waals surface area contributed by atoms with Gasteiger partial charge >= 0.3 is 11.9 Å². The zero-order valence-corrected chi connectivity index (χ0v) is 15.0.